The third-order valence-corrected chi connectivity index (χ3v) is 5.25. The predicted octanol–water partition coefficient (Wildman–Crippen LogP) is 1.90. The molecule has 2 fully saturated rings. The minimum Gasteiger partial charge on any atom is -0.395 e. The molecule has 0 aromatic carbocycles. The molecule has 3 unspecified atom stereocenters. The zero-order valence-electron chi connectivity index (χ0n) is 12.8. The van der Waals surface area contributed by atoms with E-state index in [2.05, 4.69) is 6.92 Å². The van der Waals surface area contributed by atoms with E-state index in [0.29, 0.717) is 18.5 Å². The van der Waals surface area contributed by atoms with E-state index in [-0.39, 0.29) is 24.5 Å². The number of hydrogen-bond acceptors (Lipinski definition) is 3. The van der Waals surface area contributed by atoms with Gasteiger partial charge in [-0.3, -0.25) is 4.79 Å². The minimum absolute atomic E-state index is 0.0129. The number of carbonyl (C=O) groups is 1. The van der Waals surface area contributed by atoms with Crippen molar-refractivity contribution in [1.82, 2.24) is 4.90 Å². The first-order valence-electron chi connectivity index (χ1n) is 8.32. The lowest BCUT2D eigenvalue weighted by Gasteiger charge is -2.40. The molecule has 116 valence electrons. The van der Waals surface area contributed by atoms with E-state index in [9.17, 15) is 9.90 Å². The molecule has 2 saturated carbocycles. The number of rotatable bonds is 4. The van der Waals surface area contributed by atoms with E-state index in [0.717, 1.165) is 32.1 Å². The largest absolute Gasteiger partial charge is 0.395 e. The smallest absolute Gasteiger partial charge is 0.227 e. The van der Waals surface area contributed by atoms with Crippen LogP contribution in [0, 0.1) is 11.8 Å². The summed E-state index contributed by atoms with van der Waals surface area (Å²) in [6.45, 7) is 2.68. The number of carbonyl (C=O) groups excluding carboxylic acids is 1. The van der Waals surface area contributed by atoms with Crippen LogP contribution in [0.3, 0.4) is 0 Å². The molecule has 2 aliphatic carbocycles. The summed E-state index contributed by atoms with van der Waals surface area (Å²) in [6, 6.07) is 0.314. The highest BCUT2D eigenvalue weighted by molar-refractivity contribution is 5.80. The molecule has 0 spiro atoms. The van der Waals surface area contributed by atoms with Gasteiger partial charge in [-0.15, -0.1) is 0 Å². The summed E-state index contributed by atoms with van der Waals surface area (Å²) in [5.74, 6) is 0.595. The van der Waals surface area contributed by atoms with Crippen molar-refractivity contribution in [3.63, 3.8) is 0 Å². The molecule has 4 nitrogen and oxygen atoms in total. The number of aliphatic hydroxyl groups is 1. The van der Waals surface area contributed by atoms with Gasteiger partial charge in [-0.05, 0) is 31.6 Å². The summed E-state index contributed by atoms with van der Waals surface area (Å²) in [5.41, 5.74) is 6.28. The van der Waals surface area contributed by atoms with Crippen LogP contribution in [-0.4, -0.2) is 41.1 Å². The average molecular weight is 282 g/mol. The van der Waals surface area contributed by atoms with Gasteiger partial charge < -0.3 is 15.7 Å². The lowest BCUT2D eigenvalue weighted by atomic mass is 9.77. The number of hydrogen-bond donors (Lipinski definition) is 2. The zero-order chi connectivity index (χ0) is 14.5. The SMILES string of the molecule is CC1CCCC(C(=O)N(CCO)C2CCCCC2)C1N. The van der Waals surface area contributed by atoms with Gasteiger partial charge in [0.15, 0.2) is 0 Å². The monoisotopic (exact) mass is 282 g/mol. The molecule has 2 aliphatic rings. The zero-order valence-corrected chi connectivity index (χ0v) is 12.8. The molecular formula is C16H30N2O2. The van der Waals surface area contributed by atoms with Gasteiger partial charge in [0.05, 0.1) is 12.5 Å². The van der Waals surface area contributed by atoms with Gasteiger partial charge in [-0.25, -0.2) is 0 Å². The molecule has 4 heteroatoms. The Bertz CT molecular complexity index is 316. The Morgan fingerprint density at radius 3 is 2.50 bits per heavy atom. The number of aliphatic hydroxyl groups excluding tert-OH is 1. The lowest BCUT2D eigenvalue weighted by Crippen LogP contribution is -2.52. The number of nitrogens with zero attached hydrogens (tertiary/aromatic N) is 1. The van der Waals surface area contributed by atoms with Gasteiger partial charge in [-0.1, -0.05) is 32.6 Å². The minimum atomic E-state index is -0.0350. The molecule has 0 aromatic heterocycles. The quantitative estimate of drug-likeness (QED) is 0.827. The second kappa shape index (κ2) is 7.41. The maximum Gasteiger partial charge on any atom is 0.227 e. The van der Waals surface area contributed by atoms with Gasteiger partial charge in [-0.2, -0.15) is 0 Å². The summed E-state index contributed by atoms with van der Waals surface area (Å²) >= 11 is 0. The first-order valence-corrected chi connectivity index (χ1v) is 8.32. The Hall–Kier alpha value is -0.610. The molecule has 3 N–H and O–H groups in total. The van der Waals surface area contributed by atoms with Crippen LogP contribution in [0.1, 0.15) is 58.3 Å². The molecule has 3 atom stereocenters. The van der Waals surface area contributed by atoms with Crippen LogP contribution in [0.5, 0.6) is 0 Å². The predicted molar refractivity (Wildman–Crippen MR) is 80.2 cm³/mol. The Morgan fingerprint density at radius 2 is 1.85 bits per heavy atom. The van der Waals surface area contributed by atoms with E-state index in [1.165, 1.54) is 19.3 Å². The van der Waals surface area contributed by atoms with Crippen molar-refractivity contribution in [2.45, 2.75) is 70.4 Å². The summed E-state index contributed by atoms with van der Waals surface area (Å²) < 4.78 is 0. The highest BCUT2D eigenvalue weighted by Gasteiger charge is 2.37. The summed E-state index contributed by atoms with van der Waals surface area (Å²) in [6.07, 6.45) is 9.00. The van der Waals surface area contributed by atoms with Crippen molar-refractivity contribution in [2.24, 2.45) is 17.6 Å². The van der Waals surface area contributed by atoms with E-state index in [1.807, 2.05) is 4.90 Å². The fraction of sp³-hybridized carbons (Fsp3) is 0.938. The maximum atomic E-state index is 12.9. The van der Waals surface area contributed by atoms with Crippen LogP contribution in [0.2, 0.25) is 0 Å². The highest BCUT2D eigenvalue weighted by atomic mass is 16.3. The van der Waals surface area contributed by atoms with E-state index in [4.69, 9.17) is 5.73 Å². The second-order valence-corrected chi connectivity index (χ2v) is 6.64. The average Bonchev–Trinajstić information content (AvgIpc) is 2.48. The lowest BCUT2D eigenvalue weighted by molar-refractivity contribution is -0.141. The highest BCUT2D eigenvalue weighted by Crippen LogP contribution is 2.31. The van der Waals surface area contributed by atoms with Crippen LogP contribution in [-0.2, 0) is 4.79 Å². The van der Waals surface area contributed by atoms with Crippen molar-refractivity contribution in [3.05, 3.63) is 0 Å². The van der Waals surface area contributed by atoms with Gasteiger partial charge in [0.1, 0.15) is 0 Å². The van der Waals surface area contributed by atoms with Crippen LogP contribution in [0.4, 0.5) is 0 Å². The fourth-order valence-corrected chi connectivity index (χ4v) is 3.92. The Morgan fingerprint density at radius 1 is 1.15 bits per heavy atom. The standard InChI is InChI=1S/C16H30N2O2/c1-12-6-5-9-14(15(12)17)16(20)18(10-11-19)13-7-3-2-4-8-13/h12-15,19H,2-11,17H2,1H3. The molecular weight excluding hydrogens is 252 g/mol. The van der Waals surface area contributed by atoms with Crippen molar-refractivity contribution >= 4 is 5.91 Å². The molecule has 0 aromatic rings. The normalized spacial score (nSPS) is 32.0. The van der Waals surface area contributed by atoms with Crippen LogP contribution in [0.15, 0.2) is 0 Å². The third-order valence-electron chi connectivity index (χ3n) is 5.25. The molecule has 1 amide bonds. The third kappa shape index (κ3) is 3.53. The fourth-order valence-electron chi connectivity index (χ4n) is 3.92. The van der Waals surface area contributed by atoms with E-state index >= 15 is 0 Å². The van der Waals surface area contributed by atoms with Gasteiger partial charge in [0.25, 0.3) is 0 Å². The van der Waals surface area contributed by atoms with E-state index < -0.39 is 0 Å². The molecule has 0 radical (unpaired) electrons. The molecule has 2 rings (SSSR count). The van der Waals surface area contributed by atoms with Crippen molar-refractivity contribution in [2.75, 3.05) is 13.2 Å². The second-order valence-electron chi connectivity index (χ2n) is 6.64. The molecule has 0 bridgehead atoms. The van der Waals surface area contributed by atoms with Gasteiger partial charge in [0, 0.05) is 18.6 Å². The Balaban J connectivity index is 2.05. The summed E-state index contributed by atoms with van der Waals surface area (Å²) in [4.78, 5) is 14.8. The summed E-state index contributed by atoms with van der Waals surface area (Å²) in [5, 5.41) is 9.31. The van der Waals surface area contributed by atoms with Crippen LogP contribution >= 0.6 is 0 Å². The first kappa shape index (κ1) is 15.8. The maximum absolute atomic E-state index is 12.9. The van der Waals surface area contributed by atoms with Crippen molar-refractivity contribution in [1.29, 1.82) is 0 Å². The van der Waals surface area contributed by atoms with Crippen LogP contribution < -0.4 is 5.73 Å². The van der Waals surface area contributed by atoms with Gasteiger partial charge >= 0.3 is 0 Å². The molecule has 0 aliphatic heterocycles. The molecule has 0 saturated heterocycles. The molecule has 0 heterocycles. The van der Waals surface area contributed by atoms with E-state index in [1.54, 1.807) is 0 Å². The number of amides is 1. The Kier molecular flexibility index (Phi) is 5.85. The van der Waals surface area contributed by atoms with Gasteiger partial charge in [0.2, 0.25) is 5.91 Å². The number of nitrogens with two attached hydrogens (primary N) is 1. The topological polar surface area (TPSA) is 66.6 Å². The Labute approximate surface area is 122 Å². The summed E-state index contributed by atoms with van der Waals surface area (Å²) in [7, 11) is 0. The van der Waals surface area contributed by atoms with Crippen molar-refractivity contribution in [3.8, 4) is 0 Å². The molecule has 20 heavy (non-hydrogen) atoms. The first-order chi connectivity index (χ1) is 9.65. The van der Waals surface area contributed by atoms with Crippen molar-refractivity contribution < 1.29 is 9.90 Å². The van der Waals surface area contributed by atoms with Crippen LogP contribution in [0.25, 0.3) is 0 Å².